The highest BCUT2D eigenvalue weighted by Crippen LogP contribution is 2.37. The largest absolute Gasteiger partial charge is 0.386 e. The smallest absolute Gasteiger partial charge is 0.256 e. The summed E-state index contributed by atoms with van der Waals surface area (Å²) in [6.45, 7) is 6.05. The van der Waals surface area contributed by atoms with Crippen LogP contribution in [0.2, 0.25) is 0 Å². The number of nitrogens with zero attached hydrogens (tertiary/aromatic N) is 5. The van der Waals surface area contributed by atoms with Gasteiger partial charge in [0.15, 0.2) is 0 Å². The molecule has 2 atom stereocenters. The van der Waals surface area contributed by atoms with Crippen molar-refractivity contribution in [1.29, 1.82) is 0 Å². The minimum Gasteiger partial charge on any atom is -0.386 e. The van der Waals surface area contributed by atoms with E-state index in [1.807, 2.05) is 55.1 Å². The number of hydrogen-bond donors (Lipinski definition) is 1. The number of anilines is 1. The molecule has 7 heteroatoms. The summed E-state index contributed by atoms with van der Waals surface area (Å²) < 4.78 is 0. The molecule has 0 bridgehead atoms. The van der Waals surface area contributed by atoms with Crippen LogP contribution in [0, 0.1) is 5.92 Å². The van der Waals surface area contributed by atoms with E-state index in [0.29, 0.717) is 23.7 Å². The molecule has 7 nitrogen and oxygen atoms in total. The van der Waals surface area contributed by atoms with Crippen molar-refractivity contribution in [3.63, 3.8) is 0 Å². The van der Waals surface area contributed by atoms with Crippen LogP contribution in [0.3, 0.4) is 0 Å². The molecule has 3 aromatic rings. The molecule has 0 spiro atoms. The first-order valence-electron chi connectivity index (χ1n) is 11.3. The number of fused-ring (bicyclic) bond motifs is 1. The molecule has 3 heterocycles. The lowest BCUT2D eigenvalue weighted by atomic mass is 9.91. The molecule has 0 radical (unpaired) electrons. The highest BCUT2D eigenvalue weighted by Gasteiger charge is 2.40. The van der Waals surface area contributed by atoms with Gasteiger partial charge in [0.25, 0.3) is 5.91 Å². The number of piperidine rings is 1. The third kappa shape index (κ3) is 3.77. The van der Waals surface area contributed by atoms with Gasteiger partial charge in [-0.1, -0.05) is 24.3 Å². The lowest BCUT2D eigenvalue weighted by Crippen LogP contribution is -2.50. The zero-order chi connectivity index (χ0) is 22.3. The third-order valence-electron chi connectivity index (χ3n) is 6.80. The van der Waals surface area contributed by atoms with Crippen LogP contribution >= 0.6 is 0 Å². The topological polar surface area (TPSA) is 74.5 Å². The summed E-state index contributed by atoms with van der Waals surface area (Å²) in [7, 11) is 0. The summed E-state index contributed by atoms with van der Waals surface area (Å²) in [5.41, 5.74) is 2.46. The van der Waals surface area contributed by atoms with Gasteiger partial charge in [0.1, 0.15) is 0 Å². The normalized spacial score (nSPS) is 21.0. The van der Waals surface area contributed by atoms with Gasteiger partial charge in [0.05, 0.1) is 29.2 Å². The Kier molecular flexibility index (Phi) is 5.21. The van der Waals surface area contributed by atoms with Crippen LogP contribution in [-0.4, -0.2) is 56.6 Å². The van der Waals surface area contributed by atoms with Crippen LogP contribution in [0.15, 0.2) is 60.9 Å². The number of para-hydroxylation sites is 1. The molecule has 1 amide bonds. The zero-order valence-corrected chi connectivity index (χ0v) is 18.6. The zero-order valence-electron chi connectivity index (χ0n) is 18.6. The molecule has 2 fully saturated rings. The number of aromatic nitrogens is 3. The second-order valence-electron chi connectivity index (χ2n) is 9.29. The predicted molar refractivity (Wildman–Crippen MR) is 123 cm³/mol. The van der Waals surface area contributed by atoms with E-state index in [1.54, 1.807) is 12.4 Å². The Morgan fingerprint density at radius 3 is 2.56 bits per heavy atom. The second kappa shape index (κ2) is 8.06. The molecule has 2 aliphatic heterocycles. The van der Waals surface area contributed by atoms with Crippen LogP contribution in [-0.2, 0) is 5.60 Å². The molecule has 1 aromatic heterocycles. The Morgan fingerprint density at radius 1 is 1.03 bits per heavy atom. The van der Waals surface area contributed by atoms with Gasteiger partial charge >= 0.3 is 0 Å². The number of amides is 1. The Hall–Kier alpha value is -3.19. The average molecular weight is 432 g/mol. The van der Waals surface area contributed by atoms with E-state index in [4.69, 9.17) is 0 Å². The van der Waals surface area contributed by atoms with Crippen molar-refractivity contribution < 1.29 is 9.90 Å². The van der Waals surface area contributed by atoms with Gasteiger partial charge in [-0.05, 0) is 62.4 Å². The van der Waals surface area contributed by atoms with E-state index in [0.717, 1.165) is 37.2 Å². The monoisotopic (exact) mass is 431 g/mol. The summed E-state index contributed by atoms with van der Waals surface area (Å²) in [5.74, 6) is 0.598. The first kappa shape index (κ1) is 20.7. The molecule has 1 N–H and O–H groups in total. The summed E-state index contributed by atoms with van der Waals surface area (Å²) >= 11 is 0. The molecule has 2 aromatic carbocycles. The van der Waals surface area contributed by atoms with E-state index >= 15 is 0 Å². The summed E-state index contributed by atoms with van der Waals surface area (Å²) in [4.78, 5) is 19.4. The number of hydrogen-bond acceptors (Lipinski definition) is 5. The second-order valence-corrected chi connectivity index (χ2v) is 9.29. The van der Waals surface area contributed by atoms with E-state index in [-0.39, 0.29) is 11.9 Å². The van der Waals surface area contributed by atoms with Crippen LogP contribution < -0.4 is 4.90 Å². The van der Waals surface area contributed by atoms with Gasteiger partial charge in [-0.25, -0.2) is 0 Å². The fourth-order valence-electron chi connectivity index (χ4n) is 5.05. The molecular formula is C25H29N5O2. The average Bonchev–Trinajstić information content (AvgIpc) is 3.48. The number of benzene rings is 2. The maximum absolute atomic E-state index is 13.5. The molecular weight excluding hydrogens is 402 g/mol. The number of carbonyl (C=O) groups excluding carboxylic acids is 1. The van der Waals surface area contributed by atoms with Crippen LogP contribution in [0.4, 0.5) is 5.69 Å². The lowest BCUT2D eigenvalue weighted by molar-refractivity contribution is 0.0678. The fraction of sp³-hybridized carbons (Fsp3) is 0.400. The molecule has 2 saturated heterocycles. The van der Waals surface area contributed by atoms with E-state index in [1.165, 1.54) is 4.80 Å². The molecule has 2 aliphatic rings. The SMILES string of the molecule is CC(C)(O)c1cccc(N2CC[C@@H]3CCN(C(=O)c4ccccc4-n4nccn4)C[C@@H]32)c1. The van der Waals surface area contributed by atoms with Gasteiger partial charge < -0.3 is 14.9 Å². The Labute approximate surface area is 188 Å². The van der Waals surface area contributed by atoms with E-state index < -0.39 is 5.60 Å². The van der Waals surface area contributed by atoms with E-state index in [2.05, 4.69) is 27.2 Å². The maximum Gasteiger partial charge on any atom is 0.256 e. The molecule has 5 rings (SSSR count). The van der Waals surface area contributed by atoms with Crippen molar-refractivity contribution in [2.75, 3.05) is 24.5 Å². The quantitative estimate of drug-likeness (QED) is 0.687. The van der Waals surface area contributed by atoms with Gasteiger partial charge in [-0.3, -0.25) is 4.79 Å². The first-order chi connectivity index (χ1) is 15.4. The van der Waals surface area contributed by atoms with E-state index in [9.17, 15) is 9.90 Å². The lowest BCUT2D eigenvalue weighted by Gasteiger charge is -2.39. The molecule has 0 aliphatic carbocycles. The number of carbonyl (C=O) groups is 1. The Morgan fingerprint density at radius 2 is 1.78 bits per heavy atom. The predicted octanol–water partition coefficient (Wildman–Crippen LogP) is 3.24. The molecule has 0 saturated carbocycles. The first-order valence-corrected chi connectivity index (χ1v) is 11.3. The van der Waals surface area contributed by atoms with Crippen molar-refractivity contribution in [3.8, 4) is 5.69 Å². The summed E-state index contributed by atoms with van der Waals surface area (Å²) in [5, 5.41) is 18.9. The number of likely N-dealkylation sites (tertiary alicyclic amines) is 1. The molecule has 166 valence electrons. The maximum atomic E-state index is 13.5. The van der Waals surface area contributed by atoms with Crippen molar-refractivity contribution in [1.82, 2.24) is 19.9 Å². The Balaban J connectivity index is 1.40. The highest BCUT2D eigenvalue weighted by molar-refractivity contribution is 5.97. The Bertz CT molecular complexity index is 1110. The van der Waals surface area contributed by atoms with Crippen molar-refractivity contribution in [2.24, 2.45) is 5.92 Å². The van der Waals surface area contributed by atoms with Crippen molar-refractivity contribution >= 4 is 11.6 Å². The number of aliphatic hydroxyl groups is 1. The van der Waals surface area contributed by atoms with Crippen LogP contribution in [0.5, 0.6) is 0 Å². The molecule has 0 unspecified atom stereocenters. The minimum atomic E-state index is -0.881. The fourth-order valence-corrected chi connectivity index (χ4v) is 5.05. The standard InChI is InChI=1S/C25H29N5O2/c1-25(2,32)19-6-5-7-20(16-19)29-15-11-18-10-14-28(17-23(18)29)24(31)21-8-3-4-9-22(21)30-26-12-13-27-30/h3-9,12-13,16,18,23,32H,10-11,14-15,17H2,1-2H3/t18-,23-/m0/s1. The minimum absolute atomic E-state index is 0.0217. The highest BCUT2D eigenvalue weighted by atomic mass is 16.3. The third-order valence-corrected chi connectivity index (χ3v) is 6.80. The van der Waals surface area contributed by atoms with Gasteiger partial charge in [0.2, 0.25) is 0 Å². The van der Waals surface area contributed by atoms with Crippen LogP contribution in [0.1, 0.15) is 42.6 Å². The van der Waals surface area contributed by atoms with Crippen molar-refractivity contribution in [3.05, 3.63) is 72.1 Å². The van der Waals surface area contributed by atoms with Gasteiger partial charge in [0, 0.05) is 31.4 Å². The van der Waals surface area contributed by atoms with Crippen molar-refractivity contribution in [2.45, 2.75) is 38.3 Å². The van der Waals surface area contributed by atoms with Crippen LogP contribution in [0.25, 0.3) is 5.69 Å². The number of rotatable bonds is 4. The molecule has 32 heavy (non-hydrogen) atoms. The summed E-state index contributed by atoms with van der Waals surface area (Å²) in [6.07, 6.45) is 5.36. The van der Waals surface area contributed by atoms with Gasteiger partial charge in [-0.2, -0.15) is 15.0 Å². The summed E-state index contributed by atoms with van der Waals surface area (Å²) in [6, 6.07) is 16.0. The van der Waals surface area contributed by atoms with Gasteiger partial charge in [-0.15, -0.1) is 0 Å².